The average Bonchev–Trinajstić information content (AvgIpc) is 3.37. The van der Waals surface area contributed by atoms with Crippen LogP contribution in [0.5, 0.6) is 0 Å². The standard InChI is InChI=1S/C24H29ClN4O2S/c1-4-5-12-27(3)22(30)17-10-13-28(14-11-17)23(31)21-15-18-16(2)26-29(24(18)32-21)20-9-7-6-8-19(20)25/h6-9,15,17H,4-5,10-14H2,1-3H3. The van der Waals surface area contributed by atoms with Crippen LogP contribution in [-0.2, 0) is 4.79 Å². The van der Waals surface area contributed by atoms with Crippen molar-refractivity contribution in [2.75, 3.05) is 26.7 Å². The van der Waals surface area contributed by atoms with E-state index in [2.05, 4.69) is 12.0 Å². The van der Waals surface area contributed by atoms with E-state index in [1.165, 1.54) is 11.3 Å². The van der Waals surface area contributed by atoms with Gasteiger partial charge in [0.25, 0.3) is 5.91 Å². The van der Waals surface area contributed by atoms with Gasteiger partial charge >= 0.3 is 0 Å². The summed E-state index contributed by atoms with van der Waals surface area (Å²) in [4.78, 5) is 31.2. The van der Waals surface area contributed by atoms with Gasteiger partial charge in [-0.05, 0) is 44.4 Å². The average molecular weight is 473 g/mol. The number of fused-ring (bicyclic) bond motifs is 1. The zero-order chi connectivity index (χ0) is 22.8. The van der Waals surface area contributed by atoms with Gasteiger partial charge in [-0.2, -0.15) is 5.10 Å². The number of hydrogen-bond donors (Lipinski definition) is 0. The third-order valence-electron chi connectivity index (χ3n) is 6.19. The topological polar surface area (TPSA) is 58.4 Å². The zero-order valence-corrected chi connectivity index (χ0v) is 20.4. The summed E-state index contributed by atoms with van der Waals surface area (Å²) in [6.45, 7) is 6.10. The Morgan fingerprint density at radius 2 is 1.97 bits per heavy atom. The van der Waals surface area contributed by atoms with Gasteiger partial charge < -0.3 is 9.80 Å². The number of thiophene rings is 1. The van der Waals surface area contributed by atoms with Crippen molar-refractivity contribution < 1.29 is 9.59 Å². The van der Waals surface area contributed by atoms with E-state index < -0.39 is 0 Å². The molecule has 32 heavy (non-hydrogen) atoms. The van der Waals surface area contributed by atoms with E-state index in [4.69, 9.17) is 11.6 Å². The van der Waals surface area contributed by atoms with E-state index in [0.29, 0.717) is 23.0 Å². The first-order valence-corrected chi connectivity index (χ1v) is 12.4. The quantitative estimate of drug-likeness (QED) is 0.498. The Kier molecular flexibility index (Phi) is 6.86. The maximum Gasteiger partial charge on any atom is 0.264 e. The Balaban J connectivity index is 1.48. The molecule has 1 aromatic carbocycles. The maximum atomic E-state index is 13.2. The molecule has 0 saturated carbocycles. The molecule has 3 aromatic rings. The van der Waals surface area contributed by atoms with Crippen molar-refractivity contribution in [1.29, 1.82) is 0 Å². The summed E-state index contributed by atoms with van der Waals surface area (Å²) in [5.74, 6) is 0.253. The van der Waals surface area contributed by atoms with Gasteiger partial charge in [0.2, 0.25) is 5.91 Å². The molecule has 0 N–H and O–H groups in total. The van der Waals surface area contributed by atoms with E-state index in [1.807, 2.05) is 58.8 Å². The normalized spacial score (nSPS) is 14.8. The lowest BCUT2D eigenvalue weighted by molar-refractivity contribution is -0.135. The summed E-state index contributed by atoms with van der Waals surface area (Å²) in [6.07, 6.45) is 3.54. The van der Waals surface area contributed by atoms with Gasteiger partial charge in [-0.3, -0.25) is 9.59 Å². The first kappa shape index (κ1) is 22.8. The number of aryl methyl sites for hydroxylation is 1. The molecule has 4 rings (SSSR count). The highest BCUT2D eigenvalue weighted by atomic mass is 35.5. The molecule has 2 amide bonds. The van der Waals surface area contributed by atoms with Crippen LogP contribution in [0.1, 0.15) is 48.0 Å². The van der Waals surface area contributed by atoms with Crippen LogP contribution in [0.25, 0.3) is 15.9 Å². The molecule has 0 radical (unpaired) electrons. The van der Waals surface area contributed by atoms with Crippen molar-refractivity contribution in [2.24, 2.45) is 5.92 Å². The molecule has 6 nitrogen and oxygen atoms in total. The van der Waals surface area contributed by atoms with E-state index >= 15 is 0 Å². The second-order valence-electron chi connectivity index (χ2n) is 8.46. The summed E-state index contributed by atoms with van der Waals surface area (Å²) in [5, 5.41) is 6.23. The molecule has 0 aliphatic carbocycles. The smallest absolute Gasteiger partial charge is 0.264 e. The van der Waals surface area contributed by atoms with Crippen molar-refractivity contribution in [3.63, 3.8) is 0 Å². The fourth-order valence-electron chi connectivity index (χ4n) is 4.24. The number of likely N-dealkylation sites (tertiary alicyclic amines) is 1. The molecule has 2 aromatic heterocycles. The number of unbranched alkanes of at least 4 members (excludes halogenated alkanes) is 1. The minimum atomic E-state index is 0.0133. The van der Waals surface area contributed by atoms with Crippen molar-refractivity contribution in [3.8, 4) is 5.69 Å². The SMILES string of the molecule is CCCCN(C)C(=O)C1CCN(C(=O)c2cc3c(C)nn(-c4ccccc4Cl)c3s2)CC1. The highest BCUT2D eigenvalue weighted by Crippen LogP contribution is 2.33. The Labute approximate surface area is 197 Å². The summed E-state index contributed by atoms with van der Waals surface area (Å²) in [6, 6.07) is 9.51. The number of carbonyl (C=O) groups excluding carboxylic acids is 2. The molecule has 3 heterocycles. The zero-order valence-electron chi connectivity index (χ0n) is 18.8. The van der Waals surface area contributed by atoms with E-state index in [1.54, 1.807) is 0 Å². The third kappa shape index (κ3) is 4.41. The Morgan fingerprint density at radius 1 is 1.25 bits per heavy atom. The van der Waals surface area contributed by atoms with Crippen molar-refractivity contribution in [3.05, 3.63) is 45.9 Å². The number of amides is 2. The lowest BCUT2D eigenvalue weighted by Crippen LogP contribution is -2.43. The first-order valence-electron chi connectivity index (χ1n) is 11.2. The monoisotopic (exact) mass is 472 g/mol. The van der Waals surface area contributed by atoms with Gasteiger partial charge in [0, 0.05) is 38.0 Å². The van der Waals surface area contributed by atoms with Crippen LogP contribution in [0.3, 0.4) is 0 Å². The molecule has 1 aliphatic heterocycles. The van der Waals surface area contributed by atoms with Crippen LogP contribution in [0.2, 0.25) is 5.02 Å². The predicted octanol–water partition coefficient (Wildman–Crippen LogP) is 5.16. The molecule has 0 spiro atoms. The van der Waals surface area contributed by atoms with E-state index in [-0.39, 0.29) is 17.7 Å². The minimum Gasteiger partial charge on any atom is -0.346 e. The van der Waals surface area contributed by atoms with Crippen LogP contribution >= 0.6 is 22.9 Å². The number of rotatable bonds is 6. The van der Waals surface area contributed by atoms with Crippen LogP contribution in [0, 0.1) is 12.8 Å². The molecule has 1 aliphatic rings. The second kappa shape index (κ2) is 9.63. The largest absolute Gasteiger partial charge is 0.346 e. The molecular weight excluding hydrogens is 444 g/mol. The molecule has 0 atom stereocenters. The Hall–Kier alpha value is -2.38. The fourth-order valence-corrected chi connectivity index (χ4v) is 5.60. The molecule has 170 valence electrons. The van der Waals surface area contributed by atoms with Gasteiger partial charge in [-0.25, -0.2) is 4.68 Å². The fraction of sp³-hybridized carbons (Fsp3) is 0.458. The molecular formula is C24H29ClN4O2S. The van der Waals surface area contributed by atoms with Crippen LogP contribution in [0.4, 0.5) is 0 Å². The van der Waals surface area contributed by atoms with Crippen LogP contribution < -0.4 is 0 Å². The molecule has 8 heteroatoms. The summed E-state index contributed by atoms with van der Waals surface area (Å²) >= 11 is 7.83. The second-order valence-corrected chi connectivity index (χ2v) is 9.90. The van der Waals surface area contributed by atoms with Gasteiger partial charge in [0.05, 0.1) is 21.3 Å². The molecule has 0 unspecified atom stereocenters. The number of nitrogens with zero attached hydrogens (tertiary/aromatic N) is 4. The number of aromatic nitrogens is 2. The lowest BCUT2D eigenvalue weighted by Gasteiger charge is -2.33. The molecule has 1 fully saturated rings. The first-order chi connectivity index (χ1) is 15.4. The van der Waals surface area contributed by atoms with Gasteiger partial charge in [0.15, 0.2) is 0 Å². The molecule has 0 bridgehead atoms. The van der Waals surface area contributed by atoms with Gasteiger partial charge in [-0.1, -0.05) is 37.1 Å². The Bertz CT molecular complexity index is 1130. The van der Waals surface area contributed by atoms with Crippen molar-refractivity contribution in [1.82, 2.24) is 19.6 Å². The number of carbonyl (C=O) groups is 2. The van der Waals surface area contributed by atoms with Crippen LogP contribution in [0.15, 0.2) is 30.3 Å². The highest BCUT2D eigenvalue weighted by molar-refractivity contribution is 7.20. The number of para-hydroxylation sites is 1. The summed E-state index contributed by atoms with van der Waals surface area (Å²) in [7, 11) is 1.89. The number of benzene rings is 1. The van der Waals surface area contributed by atoms with Gasteiger partial charge in [-0.15, -0.1) is 11.3 Å². The molecule has 1 saturated heterocycles. The summed E-state index contributed by atoms with van der Waals surface area (Å²) < 4.78 is 1.82. The maximum absolute atomic E-state index is 13.2. The van der Waals surface area contributed by atoms with Gasteiger partial charge in [0.1, 0.15) is 4.83 Å². The third-order valence-corrected chi connectivity index (χ3v) is 7.61. The van der Waals surface area contributed by atoms with Crippen molar-refractivity contribution in [2.45, 2.75) is 39.5 Å². The Morgan fingerprint density at radius 3 is 2.66 bits per heavy atom. The predicted molar refractivity (Wildman–Crippen MR) is 130 cm³/mol. The number of piperidine rings is 1. The summed E-state index contributed by atoms with van der Waals surface area (Å²) in [5.41, 5.74) is 1.68. The van der Waals surface area contributed by atoms with Crippen LogP contribution in [-0.4, -0.2) is 58.1 Å². The number of hydrogen-bond acceptors (Lipinski definition) is 4. The van der Waals surface area contributed by atoms with E-state index in [0.717, 1.165) is 53.8 Å². The lowest BCUT2D eigenvalue weighted by atomic mass is 9.95. The minimum absolute atomic E-state index is 0.0133. The number of halogens is 1. The van der Waals surface area contributed by atoms with Crippen molar-refractivity contribution >= 4 is 45.0 Å². The highest BCUT2D eigenvalue weighted by Gasteiger charge is 2.30. The van der Waals surface area contributed by atoms with E-state index in [9.17, 15) is 9.59 Å².